The molecule has 30 heavy (non-hydrogen) atoms. The van der Waals surface area contributed by atoms with E-state index in [1.165, 1.54) is 36.1 Å². The zero-order valence-electron chi connectivity index (χ0n) is 17.5. The van der Waals surface area contributed by atoms with Crippen molar-refractivity contribution in [2.45, 2.75) is 57.9 Å². The predicted octanol–water partition coefficient (Wildman–Crippen LogP) is 2.97. The Labute approximate surface area is 175 Å². The first-order valence-electron chi connectivity index (χ1n) is 9.67. The highest BCUT2D eigenvalue weighted by Crippen LogP contribution is 2.28. The summed E-state index contributed by atoms with van der Waals surface area (Å²) in [5.41, 5.74) is -0.448. The van der Waals surface area contributed by atoms with Crippen molar-refractivity contribution >= 4 is 24.3 Å². The van der Waals surface area contributed by atoms with Gasteiger partial charge in [0.2, 0.25) is 5.72 Å². The predicted molar refractivity (Wildman–Crippen MR) is 109 cm³/mol. The number of amides is 2. The van der Waals surface area contributed by atoms with Gasteiger partial charge >= 0.3 is 12.2 Å². The number of hydrazine groups is 1. The van der Waals surface area contributed by atoms with Crippen LogP contribution >= 0.6 is 0 Å². The van der Waals surface area contributed by atoms with E-state index in [0.717, 1.165) is 5.01 Å². The number of ether oxygens (including phenoxy) is 2. The molecular weight excluding hydrogens is 390 g/mol. The monoisotopic (exact) mass is 417 g/mol. The fourth-order valence-electron chi connectivity index (χ4n) is 2.89. The SMILES string of the molecule is CCC1(N(NC(=O)OC(C)C)C(=O)OC(C)(C=O)N2C=CCC=C2)C=CC(=O)C=C1. The molecule has 9 heteroatoms. The molecule has 1 N–H and O–H groups in total. The molecule has 0 bridgehead atoms. The molecule has 2 aliphatic rings. The topological polar surface area (TPSA) is 105 Å². The lowest BCUT2D eigenvalue weighted by atomic mass is 9.90. The van der Waals surface area contributed by atoms with Crippen molar-refractivity contribution in [1.82, 2.24) is 15.3 Å². The molecule has 1 aliphatic carbocycles. The summed E-state index contributed by atoms with van der Waals surface area (Å²) in [5, 5.41) is 0.927. The Morgan fingerprint density at radius 1 is 1.30 bits per heavy atom. The Hall–Kier alpha value is -3.36. The normalized spacial score (nSPS) is 18.7. The van der Waals surface area contributed by atoms with Gasteiger partial charge in [0.1, 0.15) is 5.54 Å². The maximum Gasteiger partial charge on any atom is 0.432 e. The number of carbonyl (C=O) groups excluding carboxylic acids is 4. The van der Waals surface area contributed by atoms with E-state index < -0.39 is 29.6 Å². The standard InChI is InChI=1S/C21H27N3O6/c1-5-21(11-9-17(26)10-12-21)24(22-18(27)29-16(2)3)19(28)30-20(4,15-25)23-13-7-6-8-14-23/h7-16H,5-6H2,1-4H3,(H,22,27). The molecule has 0 saturated carbocycles. The summed E-state index contributed by atoms with van der Waals surface area (Å²) in [6, 6.07) is 0. The van der Waals surface area contributed by atoms with Crippen molar-refractivity contribution in [2.24, 2.45) is 0 Å². The van der Waals surface area contributed by atoms with Crippen LogP contribution in [-0.4, -0.2) is 51.5 Å². The average Bonchev–Trinajstić information content (AvgIpc) is 2.73. The van der Waals surface area contributed by atoms with Crippen LogP contribution in [0.25, 0.3) is 0 Å². The third-order valence-corrected chi connectivity index (χ3v) is 4.61. The molecule has 0 saturated heterocycles. The van der Waals surface area contributed by atoms with Gasteiger partial charge in [0, 0.05) is 19.3 Å². The number of rotatable bonds is 6. The van der Waals surface area contributed by atoms with Crippen molar-refractivity contribution in [1.29, 1.82) is 0 Å². The molecule has 0 radical (unpaired) electrons. The van der Waals surface area contributed by atoms with E-state index in [1.807, 2.05) is 0 Å². The molecule has 2 rings (SSSR count). The largest absolute Gasteiger partial charge is 0.446 e. The van der Waals surface area contributed by atoms with Crippen molar-refractivity contribution in [3.8, 4) is 0 Å². The molecule has 0 aromatic carbocycles. The number of carbonyl (C=O) groups is 4. The van der Waals surface area contributed by atoms with Gasteiger partial charge in [-0.1, -0.05) is 19.1 Å². The minimum atomic E-state index is -1.65. The van der Waals surface area contributed by atoms with Crippen molar-refractivity contribution < 1.29 is 28.7 Å². The van der Waals surface area contributed by atoms with Gasteiger partial charge < -0.3 is 14.4 Å². The lowest BCUT2D eigenvalue weighted by Crippen LogP contribution is -2.61. The Morgan fingerprint density at radius 2 is 1.90 bits per heavy atom. The summed E-state index contributed by atoms with van der Waals surface area (Å²) in [6.07, 6.45) is 11.6. The zero-order valence-corrected chi connectivity index (χ0v) is 17.5. The molecule has 1 atom stereocenters. The highest BCUT2D eigenvalue weighted by molar-refractivity contribution is 6.01. The second-order valence-corrected chi connectivity index (χ2v) is 7.27. The van der Waals surface area contributed by atoms with Gasteiger partial charge in [0.15, 0.2) is 12.1 Å². The minimum absolute atomic E-state index is 0.251. The van der Waals surface area contributed by atoms with Gasteiger partial charge in [-0.15, -0.1) is 0 Å². The first-order chi connectivity index (χ1) is 14.2. The van der Waals surface area contributed by atoms with E-state index in [-0.39, 0.29) is 5.78 Å². The number of allylic oxidation sites excluding steroid dienone is 4. The van der Waals surface area contributed by atoms with E-state index in [1.54, 1.807) is 45.3 Å². The first-order valence-corrected chi connectivity index (χ1v) is 9.67. The van der Waals surface area contributed by atoms with Gasteiger partial charge in [0.05, 0.1) is 6.10 Å². The fraction of sp³-hybridized carbons (Fsp3) is 0.429. The maximum atomic E-state index is 13.2. The second kappa shape index (κ2) is 9.43. The lowest BCUT2D eigenvalue weighted by Gasteiger charge is -2.41. The molecule has 0 fully saturated rings. The van der Waals surface area contributed by atoms with Crippen LogP contribution in [0, 0.1) is 0 Å². The Bertz CT molecular complexity index is 786. The van der Waals surface area contributed by atoms with Crippen LogP contribution in [0.1, 0.15) is 40.5 Å². The highest BCUT2D eigenvalue weighted by Gasteiger charge is 2.43. The van der Waals surface area contributed by atoms with Crippen LogP contribution in [0.2, 0.25) is 0 Å². The average molecular weight is 417 g/mol. The summed E-state index contributed by atoms with van der Waals surface area (Å²) in [4.78, 5) is 50.3. The molecule has 1 heterocycles. The van der Waals surface area contributed by atoms with Gasteiger partial charge in [-0.05, 0) is 51.0 Å². The molecule has 0 aromatic heterocycles. The molecule has 162 valence electrons. The Morgan fingerprint density at radius 3 is 2.40 bits per heavy atom. The van der Waals surface area contributed by atoms with Gasteiger partial charge in [-0.2, -0.15) is 0 Å². The van der Waals surface area contributed by atoms with E-state index in [4.69, 9.17) is 9.47 Å². The van der Waals surface area contributed by atoms with Crippen LogP contribution in [-0.2, 0) is 19.1 Å². The van der Waals surface area contributed by atoms with E-state index >= 15 is 0 Å². The Balaban J connectivity index is 2.36. The number of nitrogens with zero attached hydrogens (tertiary/aromatic N) is 2. The van der Waals surface area contributed by atoms with Crippen LogP contribution in [0.5, 0.6) is 0 Å². The van der Waals surface area contributed by atoms with Gasteiger partial charge in [-0.25, -0.2) is 20.0 Å². The number of aldehydes is 1. The van der Waals surface area contributed by atoms with Crippen molar-refractivity contribution in [2.75, 3.05) is 0 Å². The molecular formula is C21H27N3O6. The van der Waals surface area contributed by atoms with Crippen LogP contribution in [0.15, 0.2) is 48.9 Å². The molecule has 1 unspecified atom stereocenters. The van der Waals surface area contributed by atoms with Crippen molar-refractivity contribution in [3.05, 3.63) is 48.9 Å². The van der Waals surface area contributed by atoms with Crippen LogP contribution < -0.4 is 5.43 Å². The van der Waals surface area contributed by atoms with Gasteiger partial charge in [0.25, 0.3) is 0 Å². The smallest absolute Gasteiger partial charge is 0.432 e. The zero-order chi connectivity index (χ0) is 22.4. The summed E-state index contributed by atoms with van der Waals surface area (Å²) in [6.45, 7) is 6.53. The minimum Gasteiger partial charge on any atom is -0.446 e. The van der Waals surface area contributed by atoms with E-state index in [0.29, 0.717) is 19.1 Å². The molecule has 0 aromatic rings. The number of hydrogen-bond acceptors (Lipinski definition) is 7. The second-order valence-electron chi connectivity index (χ2n) is 7.27. The van der Waals surface area contributed by atoms with E-state index in [9.17, 15) is 19.2 Å². The van der Waals surface area contributed by atoms with Gasteiger partial charge in [-0.3, -0.25) is 9.59 Å². The fourth-order valence-corrected chi connectivity index (χ4v) is 2.89. The third-order valence-electron chi connectivity index (χ3n) is 4.61. The first kappa shape index (κ1) is 22.9. The Kier molecular flexibility index (Phi) is 7.20. The molecule has 0 spiro atoms. The third kappa shape index (κ3) is 5.16. The summed E-state index contributed by atoms with van der Waals surface area (Å²) in [5.74, 6) is -0.251. The molecule has 1 aliphatic heterocycles. The van der Waals surface area contributed by atoms with Crippen LogP contribution in [0.3, 0.4) is 0 Å². The number of hydrogen-bond donors (Lipinski definition) is 1. The number of ketones is 1. The van der Waals surface area contributed by atoms with Crippen LogP contribution in [0.4, 0.5) is 9.59 Å². The quantitative estimate of drug-likeness (QED) is 0.523. The summed E-state index contributed by atoms with van der Waals surface area (Å²) in [7, 11) is 0. The highest BCUT2D eigenvalue weighted by atomic mass is 16.6. The lowest BCUT2D eigenvalue weighted by molar-refractivity contribution is -0.137. The van der Waals surface area contributed by atoms with E-state index in [2.05, 4.69) is 5.43 Å². The number of nitrogens with one attached hydrogen (secondary N) is 1. The summed E-state index contributed by atoms with van der Waals surface area (Å²) < 4.78 is 10.6. The van der Waals surface area contributed by atoms with Crippen molar-refractivity contribution in [3.63, 3.8) is 0 Å². The molecule has 9 nitrogen and oxygen atoms in total. The summed E-state index contributed by atoms with van der Waals surface area (Å²) >= 11 is 0. The molecule has 2 amide bonds. The maximum absolute atomic E-state index is 13.2.